The molecule has 1 aliphatic heterocycles. The standard InChI is InChI=1S/C18H21NO6S/c20-18(16-6-5-14-3-1-2-4-15(14)11-16)25-17(13-26(21,22)23)12-19-7-9-24-10-8-19/h1-6,11,17H,7-10,12-13H2,(H,21,22,23). The second-order valence-electron chi connectivity index (χ2n) is 6.25. The number of hydrogen-bond acceptors (Lipinski definition) is 6. The Bertz CT molecular complexity index is 876. The maximum atomic E-state index is 12.5. The van der Waals surface area contributed by atoms with Crippen LogP contribution < -0.4 is 0 Å². The number of esters is 1. The van der Waals surface area contributed by atoms with Crippen molar-refractivity contribution in [2.75, 3.05) is 38.6 Å². The Morgan fingerprint density at radius 3 is 2.54 bits per heavy atom. The molecule has 1 aliphatic rings. The number of carbonyl (C=O) groups is 1. The SMILES string of the molecule is O=C(OC(CN1CCOCC1)CS(=O)(=O)O)c1ccc2ccccc2c1. The third-order valence-electron chi connectivity index (χ3n) is 4.22. The van der Waals surface area contributed by atoms with Crippen LogP contribution >= 0.6 is 0 Å². The summed E-state index contributed by atoms with van der Waals surface area (Å²) in [6.45, 7) is 2.54. The minimum atomic E-state index is -4.27. The molecule has 1 atom stereocenters. The molecule has 8 heteroatoms. The highest BCUT2D eigenvalue weighted by Gasteiger charge is 2.25. The average molecular weight is 379 g/mol. The zero-order chi connectivity index (χ0) is 18.6. The fourth-order valence-corrected chi connectivity index (χ4v) is 3.61. The van der Waals surface area contributed by atoms with E-state index in [2.05, 4.69) is 0 Å². The molecule has 1 unspecified atom stereocenters. The summed E-state index contributed by atoms with van der Waals surface area (Å²) in [7, 11) is -4.27. The third kappa shape index (κ3) is 5.25. The number of ether oxygens (including phenoxy) is 2. The summed E-state index contributed by atoms with van der Waals surface area (Å²) in [4.78, 5) is 14.4. The number of nitrogens with zero attached hydrogens (tertiary/aromatic N) is 1. The second kappa shape index (κ2) is 8.13. The molecule has 3 rings (SSSR count). The van der Waals surface area contributed by atoms with E-state index in [0.29, 0.717) is 31.9 Å². The van der Waals surface area contributed by atoms with Crippen LogP contribution in [0.1, 0.15) is 10.4 Å². The number of hydrogen-bond donors (Lipinski definition) is 1. The highest BCUT2D eigenvalue weighted by Crippen LogP contribution is 2.17. The van der Waals surface area contributed by atoms with Gasteiger partial charge in [-0.05, 0) is 22.9 Å². The number of morpholine rings is 1. The molecule has 1 fully saturated rings. The fraction of sp³-hybridized carbons (Fsp3) is 0.389. The van der Waals surface area contributed by atoms with Crippen LogP contribution in [0.15, 0.2) is 42.5 Å². The van der Waals surface area contributed by atoms with Crippen LogP contribution in [-0.2, 0) is 19.6 Å². The van der Waals surface area contributed by atoms with Crippen LogP contribution in [0.25, 0.3) is 10.8 Å². The smallest absolute Gasteiger partial charge is 0.338 e. The lowest BCUT2D eigenvalue weighted by Gasteiger charge is -2.29. The molecule has 0 radical (unpaired) electrons. The largest absolute Gasteiger partial charge is 0.456 e. The molecule has 1 heterocycles. The Hall–Kier alpha value is -2.00. The molecule has 1 N–H and O–H groups in total. The summed E-state index contributed by atoms with van der Waals surface area (Å²) in [5, 5.41) is 1.88. The number of benzene rings is 2. The lowest BCUT2D eigenvalue weighted by atomic mass is 10.1. The van der Waals surface area contributed by atoms with Gasteiger partial charge in [-0.2, -0.15) is 8.42 Å². The lowest BCUT2D eigenvalue weighted by molar-refractivity contribution is 0.000965. The Morgan fingerprint density at radius 2 is 1.85 bits per heavy atom. The summed E-state index contributed by atoms with van der Waals surface area (Å²) in [6.07, 6.45) is -0.956. The van der Waals surface area contributed by atoms with Gasteiger partial charge in [0.2, 0.25) is 0 Å². The molecule has 0 aromatic heterocycles. The van der Waals surface area contributed by atoms with Crippen molar-refractivity contribution >= 4 is 26.9 Å². The van der Waals surface area contributed by atoms with Gasteiger partial charge in [-0.25, -0.2) is 4.79 Å². The molecule has 2 aromatic rings. The van der Waals surface area contributed by atoms with Crippen molar-refractivity contribution in [3.05, 3.63) is 48.0 Å². The minimum Gasteiger partial charge on any atom is -0.456 e. The topological polar surface area (TPSA) is 93.1 Å². The molecule has 2 aromatic carbocycles. The number of rotatable bonds is 6. The molecular weight excluding hydrogens is 358 g/mol. The fourth-order valence-electron chi connectivity index (χ4n) is 2.97. The summed E-state index contributed by atoms with van der Waals surface area (Å²) in [6, 6.07) is 12.8. The van der Waals surface area contributed by atoms with Gasteiger partial charge in [-0.1, -0.05) is 30.3 Å². The summed E-state index contributed by atoms with van der Waals surface area (Å²) in [5.74, 6) is -1.25. The van der Waals surface area contributed by atoms with Crippen molar-refractivity contribution < 1.29 is 27.2 Å². The van der Waals surface area contributed by atoms with Gasteiger partial charge in [0.25, 0.3) is 10.1 Å². The first-order valence-corrected chi connectivity index (χ1v) is 9.97. The molecule has 0 aliphatic carbocycles. The molecule has 1 saturated heterocycles. The second-order valence-corrected chi connectivity index (χ2v) is 7.75. The monoisotopic (exact) mass is 379 g/mol. The van der Waals surface area contributed by atoms with Crippen LogP contribution in [0.3, 0.4) is 0 Å². The van der Waals surface area contributed by atoms with Crippen molar-refractivity contribution in [1.82, 2.24) is 4.90 Å². The Morgan fingerprint density at radius 1 is 1.15 bits per heavy atom. The van der Waals surface area contributed by atoms with Crippen molar-refractivity contribution in [1.29, 1.82) is 0 Å². The van der Waals surface area contributed by atoms with Gasteiger partial charge in [0.15, 0.2) is 0 Å². The molecule has 140 valence electrons. The van der Waals surface area contributed by atoms with Gasteiger partial charge in [0.05, 0.1) is 18.8 Å². The molecule has 26 heavy (non-hydrogen) atoms. The molecule has 0 amide bonds. The van der Waals surface area contributed by atoms with Crippen molar-refractivity contribution in [3.8, 4) is 0 Å². The first-order valence-electron chi connectivity index (χ1n) is 8.36. The van der Waals surface area contributed by atoms with Gasteiger partial charge >= 0.3 is 5.97 Å². The van der Waals surface area contributed by atoms with E-state index in [1.165, 1.54) is 0 Å². The van der Waals surface area contributed by atoms with E-state index in [1.807, 2.05) is 35.2 Å². The quantitative estimate of drug-likeness (QED) is 0.602. The molecule has 0 saturated carbocycles. The highest BCUT2D eigenvalue weighted by atomic mass is 32.2. The molecule has 0 spiro atoms. The maximum absolute atomic E-state index is 12.5. The Kier molecular flexibility index (Phi) is 5.87. The Balaban J connectivity index is 1.73. The minimum absolute atomic E-state index is 0.225. The van der Waals surface area contributed by atoms with Crippen LogP contribution in [0, 0.1) is 0 Å². The first kappa shape index (κ1) is 18.8. The average Bonchev–Trinajstić information content (AvgIpc) is 2.60. The predicted octanol–water partition coefficient (Wildman–Crippen LogP) is 1.59. The van der Waals surface area contributed by atoms with Gasteiger partial charge in [0.1, 0.15) is 11.9 Å². The van der Waals surface area contributed by atoms with Gasteiger partial charge < -0.3 is 9.47 Å². The van der Waals surface area contributed by atoms with Crippen LogP contribution in [0.4, 0.5) is 0 Å². The van der Waals surface area contributed by atoms with Crippen molar-refractivity contribution in [2.45, 2.75) is 6.10 Å². The summed E-state index contributed by atoms with van der Waals surface area (Å²) < 4.78 is 42.4. The predicted molar refractivity (Wildman–Crippen MR) is 96.8 cm³/mol. The van der Waals surface area contributed by atoms with E-state index in [4.69, 9.17) is 9.47 Å². The van der Waals surface area contributed by atoms with Crippen molar-refractivity contribution in [2.24, 2.45) is 0 Å². The van der Waals surface area contributed by atoms with E-state index >= 15 is 0 Å². The zero-order valence-electron chi connectivity index (χ0n) is 14.2. The Labute approximate surface area is 152 Å². The van der Waals surface area contributed by atoms with E-state index in [1.54, 1.807) is 12.1 Å². The molecule has 0 bridgehead atoms. The van der Waals surface area contributed by atoms with Gasteiger partial charge in [-0.3, -0.25) is 9.45 Å². The number of fused-ring (bicyclic) bond motifs is 1. The molecule has 7 nitrogen and oxygen atoms in total. The van der Waals surface area contributed by atoms with E-state index in [9.17, 15) is 17.8 Å². The maximum Gasteiger partial charge on any atom is 0.338 e. The van der Waals surface area contributed by atoms with E-state index in [-0.39, 0.29) is 6.54 Å². The van der Waals surface area contributed by atoms with Gasteiger partial charge in [-0.15, -0.1) is 0 Å². The van der Waals surface area contributed by atoms with E-state index in [0.717, 1.165) is 10.8 Å². The lowest BCUT2D eigenvalue weighted by Crippen LogP contribution is -2.44. The van der Waals surface area contributed by atoms with Crippen LogP contribution in [0.5, 0.6) is 0 Å². The van der Waals surface area contributed by atoms with E-state index < -0.39 is 27.9 Å². The highest BCUT2D eigenvalue weighted by molar-refractivity contribution is 7.85. The summed E-state index contributed by atoms with van der Waals surface area (Å²) in [5.41, 5.74) is 0.339. The normalized spacial score (nSPS) is 17.1. The van der Waals surface area contributed by atoms with Crippen molar-refractivity contribution in [3.63, 3.8) is 0 Å². The van der Waals surface area contributed by atoms with Crippen LogP contribution in [0.2, 0.25) is 0 Å². The third-order valence-corrected chi connectivity index (χ3v) is 5.01. The number of carbonyl (C=O) groups excluding carboxylic acids is 1. The summed E-state index contributed by atoms with van der Waals surface area (Å²) >= 11 is 0. The zero-order valence-corrected chi connectivity index (χ0v) is 15.0. The molecular formula is C18H21NO6S. The van der Waals surface area contributed by atoms with Crippen LogP contribution in [-0.4, -0.2) is 68.5 Å². The van der Waals surface area contributed by atoms with Gasteiger partial charge in [0, 0.05) is 19.6 Å². The first-order chi connectivity index (χ1) is 12.4.